The fourth-order valence-corrected chi connectivity index (χ4v) is 3.55. The molecule has 7 nitrogen and oxygen atoms in total. The second kappa shape index (κ2) is 7.35. The summed E-state index contributed by atoms with van der Waals surface area (Å²) >= 11 is 0. The average molecular weight is 315 g/mol. The minimum atomic E-state index is -3.47. The number of piperidine rings is 1. The van der Waals surface area contributed by atoms with Gasteiger partial charge in [-0.1, -0.05) is 6.42 Å². The molecular weight excluding hydrogens is 290 g/mol. The smallest absolute Gasteiger partial charge is 0.243 e. The SMILES string of the molecule is CNCCn1cc(S(=O)(=O)NCC2CCCCN2C)cn1. The second-order valence-corrected chi connectivity index (χ2v) is 7.29. The molecule has 1 saturated heterocycles. The van der Waals surface area contributed by atoms with Gasteiger partial charge in [0, 0.05) is 25.3 Å². The van der Waals surface area contributed by atoms with Gasteiger partial charge in [-0.3, -0.25) is 4.68 Å². The number of hydrogen-bond acceptors (Lipinski definition) is 5. The molecule has 1 unspecified atom stereocenters. The average Bonchev–Trinajstić information content (AvgIpc) is 2.94. The summed E-state index contributed by atoms with van der Waals surface area (Å²) in [6.07, 6.45) is 6.38. The lowest BCUT2D eigenvalue weighted by atomic mass is 10.0. The van der Waals surface area contributed by atoms with Crippen molar-refractivity contribution in [2.24, 2.45) is 0 Å². The van der Waals surface area contributed by atoms with Gasteiger partial charge in [0.15, 0.2) is 0 Å². The van der Waals surface area contributed by atoms with Crippen molar-refractivity contribution < 1.29 is 8.42 Å². The second-order valence-electron chi connectivity index (χ2n) is 5.52. The van der Waals surface area contributed by atoms with Gasteiger partial charge in [-0.15, -0.1) is 0 Å². The highest BCUT2D eigenvalue weighted by molar-refractivity contribution is 7.89. The molecule has 0 aromatic carbocycles. The van der Waals surface area contributed by atoms with E-state index in [1.54, 1.807) is 10.9 Å². The Balaban J connectivity index is 1.93. The van der Waals surface area contributed by atoms with Crippen molar-refractivity contribution in [3.8, 4) is 0 Å². The summed E-state index contributed by atoms with van der Waals surface area (Å²) in [7, 11) is 0.432. The molecule has 1 aromatic heterocycles. The number of nitrogens with one attached hydrogen (secondary N) is 2. The zero-order chi connectivity index (χ0) is 15.3. The normalized spacial score (nSPS) is 20.8. The molecule has 0 aliphatic carbocycles. The van der Waals surface area contributed by atoms with E-state index < -0.39 is 10.0 Å². The van der Waals surface area contributed by atoms with Crippen molar-refractivity contribution in [2.75, 3.05) is 33.7 Å². The van der Waals surface area contributed by atoms with E-state index in [4.69, 9.17) is 0 Å². The van der Waals surface area contributed by atoms with Gasteiger partial charge in [0.25, 0.3) is 0 Å². The first-order chi connectivity index (χ1) is 10.0. The summed E-state index contributed by atoms with van der Waals surface area (Å²) in [5.74, 6) is 0. The Labute approximate surface area is 126 Å². The lowest BCUT2D eigenvalue weighted by Crippen LogP contribution is -2.44. The van der Waals surface area contributed by atoms with Crippen molar-refractivity contribution in [3.05, 3.63) is 12.4 Å². The molecule has 0 spiro atoms. The van der Waals surface area contributed by atoms with Gasteiger partial charge in [-0.25, -0.2) is 13.1 Å². The Morgan fingerprint density at radius 1 is 1.43 bits per heavy atom. The maximum Gasteiger partial charge on any atom is 0.243 e. The van der Waals surface area contributed by atoms with E-state index in [-0.39, 0.29) is 10.9 Å². The summed E-state index contributed by atoms with van der Waals surface area (Å²) in [5, 5.41) is 7.08. The molecule has 8 heteroatoms. The molecule has 1 aliphatic heterocycles. The van der Waals surface area contributed by atoms with E-state index in [2.05, 4.69) is 20.0 Å². The summed E-state index contributed by atoms with van der Waals surface area (Å²) in [5.41, 5.74) is 0. The van der Waals surface area contributed by atoms with Crippen molar-refractivity contribution in [2.45, 2.75) is 36.7 Å². The van der Waals surface area contributed by atoms with E-state index in [1.165, 1.54) is 19.0 Å². The molecule has 2 rings (SSSR count). The summed E-state index contributed by atoms with van der Waals surface area (Å²) in [6, 6.07) is 0.285. The number of hydrogen-bond donors (Lipinski definition) is 2. The minimum Gasteiger partial charge on any atom is -0.318 e. The molecule has 21 heavy (non-hydrogen) atoms. The standard InChI is InChI=1S/C13H25N5O2S/c1-14-6-8-18-11-13(10-15-18)21(19,20)16-9-12-5-3-4-7-17(12)2/h10-12,14,16H,3-9H2,1-2H3. The molecule has 120 valence electrons. The first kappa shape index (κ1) is 16.4. The topological polar surface area (TPSA) is 79.3 Å². The van der Waals surface area contributed by atoms with Crippen molar-refractivity contribution in [3.63, 3.8) is 0 Å². The molecular formula is C13H25N5O2S. The highest BCUT2D eigenvalue weighted by atomic mass is 32.2. The van der Waals surface area contributed by atoms with Crippen LogP contribution in [-0.2, 0) is 16.6 Å². The quantitative estimate of drug-likeness (QED) is 0.732. The van der Waals surface area contributed by atoms with E-state index in [0.717, 1.165) is 19.5 Å². The zero-order valence-corrected chi connectivity index (χ0v) is 13.6. The first-order valence-corrected chi connectivity index (χ1v) is 8.88. The van der Waals surface area contributed by atoms with E-state index >= 15 is 0 Å². The fraction of sp³-hybridized carbons (Fsp3) is 0.769. The lowest BCUT2D eigenvalue weighted by molar-refractivity contribution is 0.187. The van der Waals surface area contributed by atoms with Gasteiger partial charge >= 0.3 is 0 Å². The van der Waals surface area contributed by atoms with Crippen LogP contribution in [0.15, 0.2) is 17.3 Å². The first-order valence-electron chi connectivity index (χ1n) is 7.40. The Morgan fingerprint density at radius 2 is 2.24 bits per heavy atom. The van der Waals surface area contributed by atoms with E-state index in [9.17, 15) is 8.42 Å². The van der Waals surface area contributed by atoms with Crippen LogP contribution in [0.3, 0.4) is 0 Å². The van der Waals surface area contributed by atoms with Crippen LogP contribution in [0.25, 0.3) is 0 Å². The minimum absolute atomic E-state index is 0.233. The van der Waals surface area contributed by atoms with Crippen LogP contribution in [0.2, 0.25) is 0 Å². The molecule has 1 aromatic rings. The third-order valence-electron chi connectivity index (χ3n) is 3.94. The monoisotopic (exact) mass is 315 g/mol. The van der Waals surface area contributed by atoms with Crippen LogP contribution in [-0.4, -0.2) is 62.9 Å². The molecule has 1 aliphatic rings. The zero-order valence-electron chi connectivity index (χ0n) is 12.7. The number of sulfonamides is 1. The third kappa shape index (κ3) is 4.50. The molecule has 0 radical (unpaired) electrons. The maximum atomic E-state index is 12.3. The van der Waals surface area contributed by atoms with Crippen molar-refractivity contribution >= 4 is 10.0 Å². The van der Waals surface area contributed by atoms with Gasteiger partial charge in [-0.05, 0) is 33.5 Å². The van der Waals surface area contributed by atoms with Gasteiger partial charge < -0.3 is 10.2 Å². The van der Waals surface area contributed by atoms with E-state index in [0.29, 0.717) is 13.1 Å². The lowest BCUT2D eigenvalue weighted by Gasteiger charge is -2.32. The van der Waals surface area contributed by atoms with Crippen LogP contribution < -0.4 is 10.0 Å². The molecule has 0 amide bonds. The van der Waals surface area contributed by atoms with Gasteiger partial charge in [0.1, 0.15) is 4.90 Å². The van der Waals surface area contributed by atoms with Crippen LogP contribution in [0.5, 0.6) is 0 Å². The Hall–Kier alpha value is -0.960. The molecule has 2 heterocycles. The predicted octanol–water partition coefficient (Wildman–Crippen LogP) is -0.135. The highest BCUT2D eigenvalue weighted by Crippen LogP contribution is 2.15. The number of rotatable bonds is 7. The summed E-state index contributed by atoms with van der Waals surface area (Å²) in [4.78, 5) is 2.46. The van der Waals surface area contributed by atoms with Gasteiger partial charge in [0.2, 0.25) is 10.0 Å². The predicted molar refractivity (Wildman–Crippen MR) is 81.6 cm³/mol. The Morgan fingerprint density at radius 3 is 2.95 bits per heavy atom. The fourth-order valence-electron chi connectivity index (χ4n) is 2.52. The number of nitrogens with zero attached hydrogens (tertiary/aromatic N) is 3. The molecule has 0 bridgehead atoms. The van der Waals surface area contributed by atoms with E-state index in [1.807, 2.05) is 14.1 Å². The van der Waals surface area contributed by atoms with Crippen molar-refractivity contribution in [1.82, 2.24) is 24.7 Å². The summed E-state index contributed by atoms with van der Waals surface area (Å²) in [6.45, 7) is 2.90. The Bertz CT molecular complexity index is 543. The van der Waals surface area contributed by atoms with Gasteiger partial charge in [0.05, 0.1) is 12.7 Å². The van der Waals surface area contributed by atoms with Crippen LogP contribution in [0.4, 0.5) is 0 Å². The van der Waals surface area contributed by atoms with Crippen LogP contribution in [0.1, 0.15) is 19.3 Å². The molecule has 1 atom stereocenters. The molecule has 0 saturated carbocycles. The Kier molecular flexibility index (Phi) is 5.74. The molecule has 1 fully saturated rings. The van der Waals surface area contributed by atoms with Gasteiger partial charge in [-0.2, -0.15) is 5.10 Å². The third-order valence-corrected chi connectivity index (χ3v) is 5.32. The van der Waals surface area contributed by atoms with Crippen molar-refractivity contribution in [1.29, 1.82) is 0 Å². The summed E-state index contributed by atoms with van der Waals surface area (Å²) < 4.78 is 28.9. The molecule has 2 N–H and O–H groups in total. The number of likely N-dealkylation sites (tertiary alicyclic amines) is 1. The van der Waals surface area contributed by atoms with Crippen LogP contribution in [0, 0.1) is 0 Å². The maximum absolute atomic E-state index is 12.3. The largest absolute Gasteiger partial charge is 0.318 e. The highest BCUT2D eigenvalue weighted by Gasteiger charge is 2.22. The van der Waals surface area contributed by atoms with Crippen LogP contribution >= 0.6 is 0 Å². The number of likely N-dealkylation sites (N-methyl/N-ethyl adjacent to an activating group) is 2. The number of aromatic nitrogens is 2.